The summed E-state index contributed by atoms with van der Waals surface area (Å²) in [4.78, 5) is 9.05. The van der Waals surface area contributed by atoms with Crippen LogP contribution >= 0.6 is 0 Å². The summed E-state index contributed by atoms with van der Waals surface area (Å²) >= 11 is 0.204. The molecule has 0 bridgehead atoms. The zero-order valence-electron chi connectivity index (χ0n) is 10.6. The van der Waals surface area contributed by atoms with Gasteiger partial charge in [0.1, 0.15) is 0 Å². The van der Waals surface area contributed by atoms with E-state index in [-0.39, 0.29) is 15.0 Å². The molecule has 3 heteroatoms. The van der Waals surface area contributed by atoms with Crippen molar-refractivity contribution in [3.8, 4) is 0 Å². The maximum atomic E-state index is 4.52. The van der Waals surface area contributed by atoms with E-state index in [4.69, 9.17) is 0 Å². The zero-order chi connectivity index (χ0) is 12.4. The van der Waals surface area contributed by atoms with Crippen LogP contribution in [0.2, 0.25) is 0 Å². The van der Waals surface area contributed by atoms with Gasteiger partial charge in [-0.05, 0) is 0 Å². The van der Waals surface area contributed by atoms with Crippen molar-refractivity contribution in [1.29, 1.82) is 0 Å². The fraction of sp³-hybridized carbons (Fsp3) is 0.286. The number of hydrogen-bond acceptors (Lipinski definition) is 2. The summed E-state index contributed by atoms with van der Waals surface area (Å²) in [5, 5.41) is 0. The second-order valence-electron chi connectivity index (χ2n) is 4.37. The first-order valence-electron chi connectivity index (χ1n) is 5.60. The number of aryl methyl sites for hydroxylation is 4. The average Bonchev–Trinajstić information content (AvgIpc) is 2.25. The summed E-state index contributed by atoms with van der Waals surface area (Å²) in [5.41, 5.74) is 4.98. The van der Waals surface area contributed by atoms with E-state index in [0.717, 1.165) is 0 Å². The fourth-order valence-electron chi connectivity index (χ4n) is 1.71. The Balaban J connectivity index is 2.31. The van der Waals surface area contributed by atoms with E-state index < -0.39 is 0 Å². The number of nitrogens with zero attached hydrogens (tertiary/aromatic N) is 2. The summed E-state index contributed by atoms with van der Waals surface area (Å²) in [7, 11) is 0. The van der Waals surface area contributed by atoms with Crippen molar-refractivity contribution in [2.24, 2.45) is 0 Å². The monoisotopic (exact) mass is 292 g/mol. The van der Waals surface area contributed by atoms with Gasteiger partial charge in [-0.2, -0.15) is 0 Å². The second kappa shape index (κ2) is 4.99. The molecule has 0 spiro atoms. The van der Waals surface area contributed by atoms with Crippen LogP contribution in [0, 0.1) is 27.7 Å². The van der Waals surface area contributed by atoms with Crippen molar-refractivity contribution < 1.29 is 0 Å². The van der Waals surface area contributed by atoms with Gasteiger partial charge in [0, 0.05) is 0 Å². The van der Waals surface area contributed by atoms with Crippen molar-refractivity contribution in [1.82, 2.24) is 9.97 Å². The Morgan fingerprint density at radius 1 is 0.765 bits per heavy atom. The minimum atomic E-state index is 0.204. The van der Waals surface area contributed by atoms with Crippen molar-refractivity contribution in [3.05, 3.63) is 46.8 Å². The van der Waals surface area contributed by atoms with E-state index in [1.807, 2.05) is 12.4 Å². The molecular weight excluding hydrogens is 275 g/mol. The first kappa shape index (κ1) is 12.3. The van der Waals surface area contributed by atoms with Crippen molar-refractivity contribution in [2.45, 2.75) is 27.7 Å². The maximum absolute atomic E-state index is 4.52. The predicted octanol–water partition coefficient (Wildman–Crippen LogP) is 1.37. The van der Waals surface area contributed by atoms with E-state index in [1.54, 1.807) is 0 Å². The topological polar surface area (TPSA) is 25.8 Å². The molecule has 2 nitrogen and oxygen atoms in total. The molecule has 0 aliphatic rings. The SMILES string of the molecule is Cc1cnc([Se]c2ncc(C)cc2C)c(C)c1. The molecule has 0 radical (unpaired) electrons. The molecule has 17 heavy (non-hydrogen) atoms. The van der Waals surface area contributed by atoms with Crippen LogP contribution in [0.25, 0.3) is 0 Å². The molecule has 0 unspecified atom stereocenters. The van der Waals surface area contributed by atoms with Gasteiger partial charge in [-0.15, -0.1) is 0 Å². The van der Waals surface area contributed by atoms with Gasteiger partial charge < -0.3 is 0 Å². The van der Waals surface area contributed by atoms with Crippen LogP contribution in [0.5, 0.6) is 0 Å². The van der Waals surface area contributed by atoms with Gasteiger partial charge >= 0.3 is 109 Å². The van der Waals surface area contributed by atoms with Crippen LogP contribution in [0.3, 0.4) is 0 Å². The second-order valence-corrected chi connectivity index (χ2v) is 6.42. The molecule has 0 saturated heterocycles. The molecule has 0 aliphatic heterocycles. The van der Waals surface area contributed by atoms with Gasteiger partial charge in [0.25, 0.3) is 0 Å². The van der Waals surface area contributed by atoms with Crippen molar-refractivity contribution in [3.63, 3.8) is 0 Å². The number of pyridine rings is 2. The van der Waals surface area contributed by atoms with Gasteiger partial charge in [0.05, 0.1) is 0 Å². The fourth-order valence-corrected chi connectivity index (χ4v) is 3.46. The molecule has 2 aromatic heterocycles. The third-order valence-electron chi connectivity index (χ3n) is 2.53. The predicted molar refractivity (Wildman–Crippen MR) is 72.4 cm³/mol. The Bertz CT molecular complexity index is 500. The molecule has 2 heterocycles. The standard InChI is InChI=1S/C14H16N2Se/c1-9-5-11(3)13(15-7-9)17-14-12(4)6-10(2)8-16-14/h5-8H,1-4H3. The van der Waals surface area contributed by atoms with Gasteiger partial charge in [0.15, 0.2) is 0 Å². The molecule has 0 saturated carbocycles. The van der Waals surface area contributed by atoms with Crippen LogP contribution in [-0.2, 0) is 0 Å². The number of aromatic nitrogens is 2. The summed E-state index contributed by atoms with van der Waals surface area (Å²) in [6.07, 6.45) is 3.88. The Morgan fingerprint density at radius 3 is 1.53 bits per heavy atom. The third kappa shape index (κ3) is 2.93. The summed E-state index contributed by atoms with van der Waals surface area (Å²) in [6.45, 7) is 8.40. The molecule has 0 fully saturated rings. The van der Waals surface area contributed by atoms with Crippen molar-refractivity contribution >= 4 is 24.1 Å². The summed E-state index contributed by atoms with van der Waals surface area (Å²) in [5.74, 6) is 0. The van der Waals surface area contributed by atoms with Gasteiger partial charge in [-0.25, -0.2) is 0 Å². The van der Waals surface area contributed by atoms with Gasteiger partial charge in [-0.1, -0.05) is 0 Å². The Hall–Kier alpha value is -1.18. The average molecular weight is 291 g/mol. The first-order chi connectivity index (χ1) is 8.06. The van der Waals surface area contributed by atoms with Crippen molar-refractivity contribution in [2.75, 3.05) is 0 Å². The van der Waals surface area contributed by atoms with Crippen LogP contribution in [0.15, 0.2) is 24.5 Å². The van der Waals surface area contributed by atoms with E-state index in [9.17, 15) is 0 Å². The molecule has 0 atom stereocenters. The molecule has 2 rings (SSSR count). The molecular formula is C14H16N2Se. The first-order valence-corrected chi connectivity index (χ1v) is 7.32. The molecule has 0 N–H and O–H groups in total. The Labute approximate surface area is 109 Å². The van der Waals surface area contributed by atoms with Gasteiger partial charge in [0.2, 0.25) is 0 Å². The Morgan fingerprint density at radius 2 is 1.18 bits per heavy atom. The van der Waals surface area contributed by atoms with E-state index in [1.165, 1.54) is 31.4 Å². The number of rotatable bonds is 2. The van der Waals surface area contributed by atoms with E-state index >= 15 is 0 Å². The van der Waals surface area contributed by atoms with E-state index in [2.05, 4.69) is 49.8 Å². The van der Waals surface area contributed by atoms with Crippen LogP contribution in [-0.4, -0.2) is 24.9 Å². The normalized spacial score (nSPS) is 10.6. The zero-order valence-corrected chi connectivity index (χ0v) is 12.3. The Kier molecular flexibility index (Phi) is 3.60. The van der Waals surface area contributed by atoms with Gasteiger partial charge in [-0.3, -0.25) is 0 Å². The molecule has 0 amide bonds. The molecule has 2 aromatic rings. The van der Waals surface area contributed by atoms with Crippen LogP contribution in [0.1, 0.15) is 22.3 Å². The molecule has 0 aromatic carbocycles. The molecule has 0 aliphatic carbocycles. The van der Waals surface area contributed by atoms with Crippen LogP contribution < -0.4 is 9.18 Å². The third-order valence-corrected chi connectivity index (χ3v) is 5.13. The minimum absolute atomic E-state index is 0.204. The summed E-state index contributed by atoms with van der Waals surface area (Å²) < 4.78 is 2.37. The van der Waals surface area contributed by atoms with E-state index in [0.29, 0.717) is 0 Å². The number of hydrogen-bond donors (Lipinski definition) is 0. The summed E-state index contributed by atoms with van der Waals surface area (Å²) in [6, 6.07) is 4.38. The molecule has 88 valence electrons. The van der Waals surface area contributed by atoms with Crippen LogP contribution in [0.4, 0.5) is 0 Å². The quantitative estimate of drug-likeness (QED) is 0.781.